The lowest BCUT2D eigenvalue weighted by molar-refractivity contribution is -0.385. The fraction of sp³-hybridized carbons (Fsp3) is 0.125. The number of carboxylic acid groups (broad SMARTS) is 1. The molecule has 0 spiro atoms. The lowest BCUT2D eigenvalue weighted by atomic mass is 9.73. The van der Waals surface area contributed by atoms with Crippen LogP contribution in [0.15, 0.2) is 18.2 Å². The van der Waals surface area contributed by atoms with Crippen LogP contribution < -0.4 is 5.46 Å². The molecule has 0 saturated carbocycles. The van der Waals surface area contributed by atoms with Crippen molar-refractivity contribution in [2.75, 3.05) is 0 Å². The molecule has 72 valence electrons. The van der Waals surface area contributed by atoms with Gasteiger partial charge in [0.05, 0.1) is 4.92 Å². The van der Waals surface area contributed by atoms with Gasteiger partial charge in [0.1, 0.15) is 5.56 Å². The Labute approximate surface area is 80.8 Å². The van der Waals surface area contributed by atoms with Crippen molar-refractivity contribution in [2.45, 2.75) is 6.82 Å². The average molecular weight is 193 g/mol. The number of nitro groups is 1. The Balaban J connectivity index is 3.31. The van der Waals surface area contributed by atoms with E-state index in [4.69, 9.17) is 5.11 Å². The Hall–Kier alpha value is -1.85. The molecule has 0 heterocycles. The quantitative estimate of drug-likeness (QED) is 0.428. The Morgan fingerprint density at radius 1 is 1.57 bits per heavy atom. The molecule has 1 rings (SSSR count). The molecule has 6 heteroatoms. The monoisotopic (exact) mass is 193 g/mol. The maximum Gasteiger partial charge on any atom is 0.342 e. The van der Waals surface area contributed by atoms with Gasteiger partial charge in [-0.3, -0.25) is 10.1 Å². The van der Waals surface area contributed by atoms with Gasteiger partial charge in [0.15, 0.2) is 7.28 Å². The zero-order valence-corrected chi connectivity index (χ0v) is 7.56. The molecule has 0 unspecified atom stereocenters. The van der Waals surface area contributed by atoms with Crippen LogP contribution >= 0.6 is 0 Å². The van der Waals surface area contributed by atoms with Crippen LogP contribution in [0.25, 0.3) is 0 Å². The van der Waals surface area contributed by atoms with E-state index in [-0.39, 0.29) is 11.3 Å². The summed E-state index contributed by atoms with van der Waals surface area (Å²) in [4.78, 5) is 20.5. The van der Waals surface area contributed by atoms with Crippen molar-refractivity contribution in [3.8, 4) is 0 Å². The highest BCUT2D eigenvalue weighted by Crippen LogP contribution is 2.15. The third-order valence-corrected chi connectivity index (χ3v) is 1.90. The molecule has 14 heavy (non-hydrogen) atoms. The molecule has 0 saturated heterocycles. The van der Waals surface area contributed by atoms with Crippen LogP contribution in [0.3, 0.4) is 0 Å². The van der Waals surface area contributed by atoms with Crippen molar-refractivity contribution in [3.05, 3.63) is 33.9 Å². The van der Waals surface area contributed by atoms with E-state index in [1.165, 1.54) is 12.1 Å². The average Bonchev–Trinajstić information content (AvgIpc) is 2.16. The molecule has 0 aliphatic heterocycles. The Kier molecular flexibility index (Phi) is 2.86. The summed E-state index contributed by atoms with van der Waals surface area (Å²) in [7, 11) is 0.640. The second kappa shape index (κ2) is 3.91. The molecule has 1 aromatic carbocycles. The summed E-state index contributed by atoms with van der Waals surface area (Å²) in [5, 5.41) is 19.2. The molecule has 1 aromatic rings. The first-order valence-corrected chi connectivity index (χ1v) is 4.07. The van der Waals surface area contributed by atoms with Gasteiger partial charge in [-0.2, -0.15) is 0 Å². The van der Waals surface area contributed by atoms with Gasteiger partial charge in [0.2, 0.25) is 0 Å². The number of nitro benzene ring substituents is 1. The molecule has 0 aliphatic carbocycles. The maximum absolute atomic E-state index is 10.6. The van der Waals surface area contributed by atoms with Gasteiger partial charge in [0.25, 0.3) is 5.69 Å². The first-order valence-electron chi connectivity index (χ1n) is 4.07. The van der Waals surface area contributed by atoms with Gasteiger partial charge in [-0.1, -0.05) is 18.4 Å². The summed E-state index contributed by atoms with van der Waals surface area (Å²) in [6.07, 6.45) is 0. The molecule has 0 amide bonds. The number of carboxylic acids is 1. The summed E-state index contributed by atoms with van der Waals surface area (Å²) < 4.78 is 0. The molecular weight excluding hydrogens is 185 g/mol. The number of hydrogen-bond acceptors (Lipinski definition) is 3. The standard InChI is InChI=1S/C8H8BNO4/c1-9-5-2-3-6(8(11)12)7(4-5)10(13)14/h2-4,9H,1H3,(H,11,12). The zero-order chi connectivity index (χ0) is 10.7. The molecule has 0 atom stereocenters. The fourth-order valence-corrected chi connectivity index (χ4v) is 1.13. The number of benzene rings is 1. The van der Waals surface area contributed by atoms with Gasteiger partial charge >= 0.3 is 5.97 Å². The van der Waals surface area contributed by atoms with Gasteiger partial charge in [-0.05, 0) is 6.07 Å². The van der Waals surface area contributed by atoms with E-state index in [0.29, 0.717) is 7.28 Å². The minimum Gasteiger partial charge on any atom is -0.477 e. The van der Waals surface area contributed by atoms with Gasteiger partial charge < -0.3 is 5.11 Å². The van der Waals surface area contributed by atoms with E-state index >= 15 is 0 Å². The Morgan fingerprint density at radius 3 is 2.64 bits per heavy atom. The molecule has 1 N–H and O–H groups in total. The van der Waals surface area contributed by atoms with Crippen LogP contribution in [0.4, 0.5) is 5.69 Å². The lowest BCUT2D eigenvalue weighted by Gasteiger charge is -1.99. The normalized spacial score (nSPS) is 9.50. The molecule has 0 aliphatic rings. The predicted octanol–water partition coefficient (Wildman–Crippen LogP) is 0.403. The van der Waals surface area contributed by atoms with Crippen LogP contribution in [0, 0.1) is 10.1 Å². The number of hydrogen-bond donors (Lipinski definition) is 1. The molecule has 5 nitrogen and oxygen atoms in total. The van der Waals surface area contributed by atoms with Gasteiger partial charge in [-0.15, -0.1) is 0 Å². The first kappa shape index (κ1) is 10.2. The van der Waals surface area contributed by atoms with E-state index in [1.807, 2.05) is 6.82 Å². The number of aromatic carboxylic acids is 1. The SMILES string of the molecule is CBc1ccc(C(=O)O)c([N+](=O)[O-])c1. The van der Waals surface area contributed by atoms with Crippen LogP contribution in [0.1, 0.15) is 10.4 Å². The summed E-state index contributed by atoms with van der Waals surface area (Å²) >= 11 is 0. The molecule has 0 radical (unpaired) electrons. The van der Waals surface area contributed by atoms with E-state index in [2.05, 4.69) is 0 Å². The highest BCUT2D eigenvalue weighted by molar-refractivity contribution is 6.52. The number of nitrogens with zero attached hydrogens (tertiary/aromatic N) is 1. The lowest BCUT2D eigenvalue weighted by Crippen LogP contribution is -2.13. The third-order valence-electron chi connectivity index (χ3n) is 1.90. The van der Waals surface area contributed by atoms with Crippen LogP contribution in [0.2, 0.25) is 6.82 Å². The highest BCUT2D eigenvalue weighted by Gasteiger charge is 2.19. The van der Waals surface area contributed by atoms with Crippen molar-refractivity contribution >= 4 is 24.4 Å². The predicted molar refractivity (Wildman–Crippen MR) is 52.7 cm³/mol. The molecule has 0 bridgehead atoms. The number of rotatable bonds is 3. The fourth-order valence-electron chi connectivity index (χ4n) is 1.13. The third kappa shape index (κ3) is 1.90. The van der Waals surface area contributed by atoms with Crippen molar-refractivity contribution in [1.82, 2.24) is 0 Å². The minimum atomic E-state index is -1.28. The molecule has 0 fully saturated rings. The van der Waals surface area contributed by atoms with Crippen LogP contribution in [-0.4, -0.2) is 23.3 Å². The van der Waals surface area contributed by atoms with Crippen LogP contribution in [-0.2, 0) is 0 Å². The maximum atomic E-state index is 10.6. The van der Waals surface area contributed by atoms with Crippen molar-refractivity contribution in [2.24, 2.45) is 0 Å². The highest BCUT2D eigenvalue weighted by atomic mass is 16.6. The van der Waals surface area contributed by atoms with Gasteiger partial charge in [-0.25, -0.2) is 4.79 Å². The minimum absolute atomic E-state index is 0.271. The number of carbonyl (C=O) groups is 1. The largest absolute Gasteiger partial charge is 0.477 e. The smallest absolute Gasteiger partial charge is 0.342 e. The van der Waals surface area contributed by atoms with E-state index in [0.717, 1.165) is 5.46 Å². The zero-order valence-electron chi connectivity index (χ0n) is 7.56. The van der Waals surface area contributed by atoms with E-state index < -0.39 is 10.9 Å². The Bertz CT molecular complexity index is 391. The molecule has 0 aromatic heterocycles. The summed E-state index contributed by atoms with van der Waals surface area (Å²) in [5.41, 5.74) is 0.130. The topological polar surface area (TPSA) is 80.4 Å². The van der Waals surface area contributed by atoms with E-state index in [9.17, 15) is 14.9 Å². The van der Waals surface area contributed by atoms with Crippen molar-refractivity contribution in [1.29, 1.82) is 0 Å². The summed E-state index contributed by atoms with van der Waals surface area (Å²) in [6.45, 7) is 1.85. The molecular formula is C8H8BNO4. The van der Waals surface area contributed by atoms with E-state index in [1.54, 1.807) is 6.07 Å². The summed E-state index contributed by atoms with van der Waals surface area (Å²) in [6, 6.07) is 4.14. The van der Waals surface area contributed by atoms with Crippen molar-refractivity contribution < 1.29 is 14.8 Å². The van der Waals surface area contributed by atoms with Gasteiger partial charge in [0, 0.05) is 6.07 Å². The second-order valence-corrected chi connectivity index (χ2v) is 2.77. The first-order chi connectivity index (χ1) is 6.56. The Morgan fingerprint density at radius 2 is 2.21 bits per heavy atom. The van der Waals surface area contributed by atoms with Crippen LogP contribution in [0.5, 0.6) is 0 Å². The van der Waals surface area contributed by atoms with Crippen molar-refractivity contribution in [3.63, 3.8) is 0 Å². The summed E-state index contributed by atoms with van der Waals surface area (Å²) in [5.74, 6) is -1.28. The second-order valence-electron chi connectivity index (χ2n) is 2.77.